The summed E-state index contributed by atoms with van der Waals surface area (Å²) in [7, 11) is 0. The van der Waals surface area contributed by atoms with E-state index in [1.54, 1.807) is 24.4 Å². The number of carboxylic acid groups (broad SMARTS) is 1. The van der Waals surface area contributed by atoms with Crippen molar-refractivity contribution in [3.05, 3.63) is 78.0 Å². The van der Waals surface area contributed by atoms with Gasteiger partial charge in [-0.2, -0.15) is 0 Å². The lowest BCUT2D eigenvalue weighted by Crippen LogP contribution is -2.01. The van der Waals surface area contributed by atoms with Crippen LogP contribution in [0.4, 0.5) is 5.69 Å². The van der Waals surface area contributed by atoms with Crippen LogP contribution in [-0.4, -0.2) is 11.1 Å². The first-order valence-electron chi connectivity index (χ1n) is 6.49. The van der Waals surface area contributed by atoms with Crippen molar-refractivity contribution in [2.45, 2.75) is 12.8 Å². The molecule has 0 heterocycles. The van der Waals surface area contributed by atoms with Crippen LogP contribution in [0.1, 0.15) is 28.8 Å². The summed E-state index contributed by atoms with van der Waals surface area (Å²) in [5.41, 5.74) is 2.08. The topological polar surface area (TPSA) is 49.3 Å². The lowest BCUT2D eigenvalue weighted by Gasteiger charge is -2.08. The fraction of sp³-hybridized carbons (Fsp3) is 0.118. The van der Waals surface area contributed by atoms with Crippen LogP contribution >= 0.6 is 0 Å². The Kier molecular flexibility index (Phi) is 4.56. The summed E-state index contributed by atoms with van der Waals surface area (Å²) in [6.07, 6.45) is 3.80. The molecule has 0 fully saturated rings. The second-order valence-corrected chi connectivity index (χ2v) is 4.55. The Labute approximate surface area is 118 Å². The average molecular weight is 267 g/mol. The van der Waals surface area contributed by atoms with Crippen LogP contribution in [-0.2, 0) is 0 Å². The third-order valence-electron chi connectivity index (χ3n) is 3.11. The van der Waals surface area contributed by atoms with Gasteiger partial charge in [0.1, 0.15) is 0 Å². The fourth-order valence-corrected chi connectivity index (χ4v) is 1.95. The molecule has 20 heavy (non-hydrogen) atoms. The smallest absolute Gasteiger partial charge is 0.337 e. The summed E-state index contributed by atoms with van der Waals surface area (Å²) in [5, 5.41) is 12.1. The SMILES string of the molecule is CC(C=CNc1ccccc1C(=O)O)c1ccccc1. The van der Waals surface area contributed by atoms with Crippen molar-refractivity contribution in [2.24, 2.45) is 0 Å². The second kappa shape index (κ2) is 6.57. The number of nitrogens with one attached hydrogen (secondary N) is 1. The Balaban J connectivity index is 2.05. The minimum Gasteiger partial charge on any atom is -0.478 e. The van der Waals surface area contributed by atoms with Gasteiger partial charge in [0, 0.05) is 5.92 Å². The van der Waals surface area contributed by atoms with E-state index in [0.717, 1.165) is 0 Å². The Bertz CT molecular complexity index is 605. The Morgan fingerprint density at radius 2 is 1.75 bits per heavy atom. The highest BCUT2D eigenvalue weighted by Crippen LogP contribution is 2.18. The van der Waals surface area contributed by atoms with Crippen LogP contribution in [0.3, 0.4) is 0 Å². The third-order valence-corrected chi connectivity index (χ3v) is 3.11. The van der Waals surface area contributed by atoms with E-state index in [1.165, 1.54) is 5.56 Å². The predicted octanol–water partition coefficient (Wildman–Crippen LogP) is 4.11. The molecular formula is C17H17NO2. The molecule has 2 aromatic rings. The number of allylic oxidation sites excluding steroid dienone is 1. The fourth-order valence-electron chi connectivity index (χ4n) is 1.95. The standard InChI is InChI=1S/C17H17NO2/c1-13(14-7-3-2-4-8-14)11-12-18-16-10-6-5-9-15(16)17(19)20/h2-13,18H,1H3,(H,19,20). The molecule has 0 aliphatic rings. The number of hydrogen-bond acceptors (Lipinski definition) is 2. The first kappa shape index (κ1) is 13.9. The van der Waals surface area contributed by atoms with Gasteiger partial charge in [-0.25, -0.2) is 4.79 Å². The van der Waals surface area contributed by atoms with Crippen molar-refractivity contribution in [1.29, 1.82) is 0 Å². The zero-order valence-corrected chi connectivity index (χ0v) is 11.3. The number of rotatable bonds is 5. The van der Waals surface area contributed by atoms with Gasteiger partial charge in [0.05, 0.1) is 11.3 Å². The summed E-state index contributed by atoms with van der Waals surface area (Å²) >= 11 is 0. The molecule has 2 aromatic carbocycles. The van der Waals surface area contributed by atoms with Crippen molar-refractivity contribution in [1.82, 2.24) is 0 Å². The van der Waals surface area contributed by atoms with Crippen molar-refractivity contribution in [3.63, 3.8) is 0 Å². The van der Waals surface area contributed by atoms with Crippen LogP contribution in [0.5, 0.6) is 0 Å². The first-order chi connectivity index (χ1) is 9.68. The highest BCUT2D eigenvalue weighted by molar-refractivity contribution is 5.94. The van der Waals surface area contributed by atoms with E-state index in [-0.39, 0.29) is 11.5 Å². The molecule has 0 saturated heterocycles. The van der Waals surface area contributed by atoms with Crippen LogP contribution < -0.4 is 5.32 Å². The van der Waals surface area contributed by atoms with E-state index in [2.05, 4.69) is 24.4 Å². The summed E-state index contributed by atoms with van der Waals surface area (Å²) in [5.74, 6) is -0.668. The number of aromatic carboxylic acids is 1. The normalized spacial score (nSPS) is 12.2. The van der Waals surface area contributed by atoms with E-state index >= 15 is 0 Å². The summed E-state index contributed by atoms with van der Waals surface area (Å²) in [6, 6.07) is 17.0. The van der Waals surface area contributed by atoms with Gasteiger partial charge in [0.2, 0.25) is 0 Å². The van der Waals surface area contributed by atoms with E-state index in [1.807, 2.05) is 30.3 Å². The molecule has 2 rings (SSSR count). The van der Waals surface area contributed by atoms with Crippen LogP contribution in [0, 0.1) is 0 Å². The first-order valence-corrected chi connectivity index (χ1v) is 6.49. The summed E-state index contributed by atoms with van der Waals surface area (Å²) < 4.78 is 0. The molecule has 0 saturated carbocycles. The highest BCUT2D eigenvalue weighted by Gasteiger charge is 2.07. The number of carboxylic acids is 1. The molecule has 0 radical (unpaired) electrons. The van der Waals surface area contributed by atoms with Gasteiger partial charge in [-0.15, -0.1) is 0 Å². The molecule has 1 atom stereocenters. The zero-order chi connectivity index (χ0) is 14.4. The average Bonchev–Trinajstić information content (AvgIpc) is 2.48. The molecule has 1 unspecified atom stereocenters. The maximum absolute atomic E-state index is 11.1. The second-order valence-electron chi connectivity index (χ2n) is 4.55. The van der Waals surface area contributed by atoms with Crippen molar-refractivity contribution in [3.8, 4) is 0 Å². The lowest BCUT2D eigenvalue weighted by molar-refractivity contribution is 0.0698. The number of carbonyl (C=O) groups is 1. The number of hydrogen-bond donors (Lipinski definition) is 2. The molecular weight excluding hydrogens is 250 g/mol. The summed E-state index contributed by atoms with van der Waals surface area (Å²) in [4.78, 5) is 11.1. The van der Waals surface area contributed by atoms with Crippen LogP contribution in [0.2, 0.25) is 0 Å². The molecule has 0 bridgehead atoms. The highest BCUT2D eigenvalue weighted by atomic mass is 16.4. The molecule has 0 spiro atoms. The van der Waals surface area contributed by atoms with Gasteiger partial charge in [0.15, 0.2) is 0 Å². The molecule has 3 heteroatoms. The molecule has 3 nitrogen and oxygen atoms in total. The van der Waals surface area contributed by atoms with Crippen LogP contribution in [0.25, 0.3) is 0 Å². The minimum atomic E-state index is -0.933. The number of para-hydroxylation sites is 1. The quantitative estimate of drug-likeness (QED) is 0.857. The van der Waals surface area contributed by atoms with Gasteiger partial charge < -0.3 is 10.4 Å². The maximum Gasteiger partial charge on any atom is 0.337 e. The lowest BCUT2D eigenvalue weighted by atomic mass is 10.0. The maximum atomic E-state index is 11.1. The zero-order valence-electron chi connectivity index (χ0n) is 11.3. The van der Waals surface area contributed by atoms with Crippen molar-refractivity contribution in [2.75, 3.05) is 5.32 Å². The Morgan fingerprint density at radius 1 is 1.10 bits per heavy atom. The predicted molar refractivity (Wildman–Crippen MR) is 81.0 cm³/mol. The molecule has 0 aromatic heterocycles. The van der Waals surface area contributed by atoms with Gasteiger partial charge in [-0.1, -0.05) is 55.5 Å². The number of benzene rings is 2. The van der Waals surface area contributed by atoms with Gasteiger partial charge >= 0.3 is 5.97 Å². The molecule has 102 valence electrons. The van der Waals surface area contributed by atoms with Crippen molar-refractivity contribution < 1.29 is 9.90 Å². The van der Waals surface area contributed by atoms with Gasteiger partial charge in [-0.3, -0.25) is 0 Å². The summed E-state index contributed by atoms with van der Waals surface area (Å²) in [6.45, 7) is 2.09. The van der Waals surface area contributed by atoms with E-state index in [4.69, 9.17) is 5.11 Å². The molecule has 2 N–H and O–H groups in total. The van der Waals surface area contributed by atoms with E-state index in [9.17, 15) is 4.79 Å². The molecule has 0 aliphatic carbocycles. The van der Waals surface area contributed by atoms with E-state index in [0.29, 0.717) is 5.69 Å². The molecule has 0 amide bonds. The third kappa shape index (κ3) is 3.48. The van der Waals surface area contributed by atoms with E-state index < -0.39 is 5.97 Å². The van der Waals surface area contributed by atoms with Gasteiger partial charge in [-0.05, 0) is 23.9 Å². The Morgan fingerprint density at radius 3 is 2.45 bits per heavy atom. The molecule has 0 aliphatic heterocycles. The largest absolute Gasteiger partial charge is 0.478 e. The minimum absolute atomic E-state index is 0.265. The monoisotopic (exact) mass is 267 g/mol. The Hall–Kier alpha value is -2.55. The van der Waals surface area contributed by atoms with Gasteiger partial charge in [0.25, 0.3) is 0 Å². The number of anilines is 1. The van der Waals surface area contributed by atoms with Crippen LogP contribution in [0.15, 0.2) is 66.9 Å². The van der Waals surface area contributed by atoms with Crippen molar-refractivity contribution >= 4 is 11.7 Å².